The number of allylic oxidation sites excluding steroid dienone is 1. The van der Waals surface area contributed by atoms with E-state index in [9.17, 15) is 5.11 Å². The smallest absolute Gasteiger partial charge is 0.276 e. The van der Waals surface area contributed by atoms with Gasteiger partial charge in [0.1, 0.15) is 6.10 Å². The molecule has 0 radical (unpaired) electrons. The molecule has 1 saturated heterocycles. The summed E-state index contributed by atoms with van der Waals surface area (Å²) in [5, 5.41) is 10.3. The van der Waals surface area contributed by atoms with Crippen LogP contribution < -0.4 is 0 Å². The van der Waals surface area contributed by atoms with Crippen molar-refractivity contribution >= 4 is 0 Å². The molecule has 1 spiro atoms. The minimum atomic E-state index is -0.405. The highest BCUT2D eigenvalue weighted by Gasteiger charge is 2.38. The maximum Gasteiger partial charge on any atom is 0.276 e. The van der Waals surface area contributed by atoms with Crippen LogP contribution in [0.2, 0.25) is 0 Å². The minimum absolute atomic E-state index is 0.0515. The van der Waals surface area contributed by atoms with E-state index in [-0.39, 0.29) is 12.0 Å². The molecule has 1 N–H and O–H groups in total. The molecule has 1 aliphatic carbocycles. The van der Waals surface area contributed by atoms with Gasteiger partial charge in [0.25, 0.3) is 5.95 Å². The topological polar surface area (TPSA) is 47.9 Å². The van der Waals surface area contributed by atoms with Crippen molar-refractivity contribution in [3.8, 4) is 0 Å². The van der Waals surface area contributed by atoms with Crippen LogP contribution >= 0.6 is 0 Å². The Labute approximate surface area is 128 Å². The van der Waals surface area contributed by atoms with Gasteiger partial charge in [-0.1, -0.05) is 27.7 Å². The summed E-state index contributed by atoms with van der Waals surface area (Å²) in [6.45, 7) is 10.1. The molecule has 0 aromatic carbocycles. The van der Waals surface area contributed by atoms with E-state index in [4.69, 9.17) is 14.2 Å². The Morgan fingerprint density at radius 3 is 2.05 bits per heavy atom. The van der Waals surface area contributed by atoms with Gasteiger partial charge < -0.3 is 19.3 Å². The van der Waals surface area contributed by atoms with E-state index in [1.54, 1.807) is 0 Å². The molecule has 4 nitrogen and oxygen atoms in total. The van der Waals surface area contributed by atoms with E-state index in [1.807, 2.05) is 0 Å². The molecule has 0 aromatic rings. The Balaban J connectivity index is 1.95. The first-order valence-electron chi connectivity index (χ1n) is 8.29. The molecule has 2 aliphatic rings. The molecule has 2 rings (SSSR count). The molecule has 1 heterocycles. The SMILES string of the molecule is CC(C)C(OC(O)=C1CCC2(CC1)OCCCO2)C(C)C. The predicted molar refractivity (Wildman–Crippen MR) is 81.9 cm³/mol. The van der Waals surface area contributed by atoms with Crippen molar-refractivity contribution in [2.75, 3.05) is 13.2 Å². The van der Waals surface area contributed by atoms with Crippen molar-refractivity contribution in [2.45, 2.75) is 71.7 Å². The molecular weight excluding hydrogens is 268 g/mol. The lowest BCUT2D eigenvalue weighted by Gasteiger charge is -2.40. The standard InChI is InChI=1S/C17H30O4/c1-12(2)15(13(3)4)21-16(18)14-6-8-17(9-7-14)19-10-5-11-20-17/h12-13,15,18H,5-11H2,1-4H3. The molecule has 0 unspecified atom stereocenters. The van der Waals surface area contributed by atoms with E-state index in [2.05, 4.69) is 27.7 Å². The van der Waals surface area contributed by atoms with Crippen molar-refractivity contribution in [1.82, 2.24) is 0 Å². The second-order valence-corrected chi connectivity index (χ2v) is 6.94. The largest absolute Gasteiger partial charge is 0.481 e. The van der Waals surface area contributed by atoms with Gasteiger partial charge >= 0.3 is 0 Å². The van der Waals surface area contributed by atoms with Crippen LogP contribution in [0.4, 0.5) is 0 Å². The summed E-state index contributed by atoms with van der Waals surface area (Å²) in [4.78, 5) is 0. The van der Waals surface area contributed by atoms with Gasteiger partial charge in [0, 0.05) is 18.4 Å². The van der Waals surface area contributed by atoms with Crippen LogP contribution in [0.5, 0.6) is 0 Å². The maximum absolute atomic E-state index is 10.3. The lowest BCUT2D eigenvalue weighted by molar-refractivity contribution is -0.276. The molecule has 2 fully saturated rings. The Morgan fingerprint density at radius 1 is 1.05 bits per heavy atom. The zero-order valence-electron chi connectivity index (χ0n) is 13.9. The van der Waals surface area contributed by atoms with Crippen LogP contribution in [0.15, 0.2) is 11.5 Å². The van der Waals surface area contributed by atoms with Crippen molar-refractivity contribution in [1.29, 1.82) is 0 Å². The van der Waals surface area contributed by atoms with Crippen molar-refractivity contribution in [2.24, 2.45) is 11.8 Å². The molecule has 0 aromatic heterocycles. The number of aliphatic hydroxyl groups excluding tert-OH is 1. The zero-order chi connectivity index (χ0) is 15.5. The minimum Gasteiger partial charge on any atom is -0.481 e. The third-order valence-electron chi connectivity index (χ3n) is 4.50. The number of ether oxygens (including phenoxy) is 3. The zero-order valence-corrected chi connectivity index (χ0v) is 13.9. The molecular formula is C17H30O4. The van der Waals surface area contributed by atoms with Gasteiger partial charge in [0.15, 0.2) is 5.79 Å². The lowest BCUT2D eigenvalue weighted by atomic mass is 9.89. The molecule has 1 saturated carbocycles. The predicted octanol–water partition coefficient (Wildman–Crippen LogP) is 4.16. The highest BCUT2D eigenvalue weighted by molar-refractivity contribution is 5.08. The first-order valence-corrected chi connectivity index (χ1v) is 8.29. The van der Waals surface area contributed by atoms with Crippen LogP contribution in [0, 0.1) is 11.8 Å². The fraction of sp³-hybridized carbons (Fsp3) is 0.882. The fourth-order valence-electron chi connectivity index (χ4n) is 3.31. The summed E-state index contributed by atoms with van der Waals surface area (Å²) in [5.74, 6) is 0.491. The quantitative estimate of drug-likeness (QED) is 0.792. The number of aliphatic hydroxyl groups is 1. The van der Waals surface area contributed by atoms with Gasteiger partial charge in [0.05, 0.1) is 13.2 Å². The van der Waals surface area contributed by atoms with E-state index in [0.29, 0.717) is 11.8 Å². The Bertz CT molecular complexity index is 347. The van der Waals surface area contributed by atoms with Gasteiger partial charge in [-0.05, 0) is 31.1 Å². The number of rotatable bonds is 4. The highest BCUT2D eigenvalue weighted by atomic mass is 16.7. The van der Waals surface area contributed by atoms with Gasteiger partial charge in [-0.2, -0.15) is 0 Å². The van der Waals surface area contributed by atoms with Gasteiger partial charge in [-0.3, -0.25) is 0 Å². The van der Waals surface area contributed by atoms with Crippen LogP contribution in [0.25, 0.3) is 0 Å². The second-order valence-electron chi connectivity index (χ2n) is 6.94. The molecule has 4 heteroatoms. The van der Waals surface area contributed by atoms with Crippen molar-refractivity contribution in [3.05, 3.63) is 11.5 Å². The molecule has 21 heavy (non-hydrogen) atoms. The number of hydrogen-bond acceptors (Lipinski definition) is 4. The number of hydrogen-bond donors (Lipinski definition) is 1. The van der Waals surface area contributed by atoms with Crippen LogP contribution in [-0.2, 0) is 14.2 Å². The highest BCUT2D eigenvalue weighted by Crippen LogP contribution is 2.38. The Morgan fingerprint density at radius 2 is 1.57 bits per heavy atom. The average molecular weight is 298 g/mol. The Kier molecular flexibility index (Phi) is 5.55. The van der Waals surface area contributed by atoms with Crippen molar-refractivity contribution < 1.29 is 19.3 Å². The lowest BCUT2D eigenvalue weighted by Crippen LogP contribution is -2.42. The molecule has 122 valence electrons. The summed E-state index contributed by atoms with van der Waals surface area (Å²) in [7, 11) is 0. The average Bonchev–Trinajstić information content (AvgIpc) is 2.45. The summed E-state index contributed by atoms with van der Waals surface area (Å²) in [5.41, 5.74) is 1.00. The first-order chi connectivity index (χ1) is 9.93. The van der Waals surface area contributed by atoms with E-state index in [0.717, 1.165) is 50.9 Å². The second kappa shape index (κ2) is 7.01. The van der Waals surface area contributed by atoms with Gasteiger partial charge in [-0.15, -0.1) is 0 Å². The van der Waals surface area contributed by atoms with E-state index < -0.39 is 5.79 Å². The normalized spacial score (nSPS) is 22.3. The third kappa shape index (κ3) is 4.13. The molecule has 0 bridgehead atoms. The fourth-order valence-corrected chi connectivity index (χ4v) is 3.31. The maximum atomic E-state index is 10.3. The third-order valence-corrected chi connectivity index (χ3v) is 4.50. The summed E-state index contributed by atoms with van der Waals surface area (Å²) in [6.07, 6.45) is 4.22. The van der Waals surface area contributed by atoms with Crippen LogP contribution in [0.1, 0.15) is 59.8 Å². The Hall–Kier alpha value is -0.740. The van der Waals surface area contributed by atoms with Crippen LogP contribution in [0.3, 0.4) is 0 Å². The summed E-state index contributed by atoms with van der Waals surface area (Å²) in [6, 6.07) is 0. The van der Waals surface area contributed by atoms with Crippen molar-refractivity contribution in [3.63, 3.8) is 0 Å². The van der Waals surface area contributed by atoms with Gasteiger partial charge in [-0.25, -0.2) is 0 Å². The summed E-state index contributed by atoms with van der Waals surface area (Å²) < 4.78 is 17.5. The van der Waals surface area contributed by atoms with E-state index in [1.165, 1.54) is 0 Å². The monoisotopic (exact) mass is 298 g/mol. The first kappa shape index (κ1) is 16.6. The van der Waals surface area contributed by atoms with Crippen LogP contribution in [-0.4, -0.2) is 30.2 Å². The molecule has 0 amide bonds. The van der Waals surface area contributed by atoms with E-state index >= 15 is 0 Å². The summed E-state index contributed by atoms with van der Waals surface area (Å²) >= 11 is 0. The molecule has 0 atom stereocenters. The molecule has 1 aliphatic heterocycles. The van der Waals surface area contributed by atoms with Gasteiger partial charge in [0.2, 0.25) is 0 Å².